The molecule has 0 bridgehead atoms. The van der Waals surface area contributed by atoms with Crippen LogP contribution in [0.3, 0.4) is 0 Å². The highest BCUT2D eigenvalue weighted by atomic mass is 16.3. The van der Waals surface area contributed by atoms with Crippen LogP contribution in [0.4, 0.5) is 0 Å². The molecule has 0 aromatic heterocycles. The summed E-state index contributed by atoms with van der Waals surface area (Å²) in [7, 11) is 0. The third kappa shape index (κ3) is 2.48. The second-order valence-electron chi connectivity index (χ2n) is 5.09. The van der Waals surface area contributed by atoms with Crippen LogP contribution in [0.5, 0.6) is 5.75 Å². The molecule has 1 aliphatic rings. The van der Waals surface area contributed by atoms with Crippen LogP contribution in [-0.2, 0) is 0 Å². The Morgan fingerprint density at radius 3 is 2.78 bits per heavy atom. The molecule has 4 heteroatoms. The molecule has 1 fully saturated rings. The Morgan fingerprint density at radius 2 is 2.17 bits per heavy atom. The summed E-state index contributed by atoms with van der Waals surface area (Å²) in [5.41, 5.74) is 1.26. The van der Waals surface area contributed by atoms with Gasteiger partial charge in [-0.3, -0.25) is 4.79 Å². The van der Waals surface area contributed by atoms with Crippen LogP contribution in [-0.4, -0.2) is 40.2 Å². The van der Waals surface area contributed by atoms with Crippen molar-refractivity contribution in [3.8, 4) is 5.75 Å². The van der Waals surface area contributed by atoms with Crippen LogP contribution in [0.15, 0.2) is 18.2 Å². The molecule has 2 atom stereocenters. The number of piperidine rings is 1. The first-order valence-electron chi connectivity index (χ1n) is 6.26. The smallest absolute Gasteiger partial charge is 0.254 e. The standard InChI is InChI=1S/C14H19NO3/c1-9-3-4-11(7-13(9)17)14(18)15-6-5-12(16)10(2)8-15/h3-4,7,10,12,16-17H,5-6,8H2,1-2H3. The van der Waals surface area contributed by atoms with Crippen LogP contribution in [0.25, 0.3) is 0 Å². The Kier molecular flexibility index (Phi) is 3.57. The molecule has 2 rings (SSSR count). The summed E-state index contributed by atoms with van der Waals surface area (Å²) in [6.45, 7) is 4.87. The van der Waals surface area contributed by atoms with Crippen molar-refractivity contribution in [3.05, 3.63) is 29.3 Å². The van der Waals surface area contributed by atoms with Crippen molar-refractivity contribution in [3.63, 3.8) is 0 Å². The zero-order chi connectivity index (χ0) is 13.3. The molecule has 98 valence electrons. The third-order valence-corrected chi connectivity index (χ3v) is 3.60. The van der Waals surface area contributed by atoms with Gasteiger partial charge in [-0.2, -0.15) is 0 Å². The number of aromatic hydroxyl groups is 1. The summed E-state index contributed by atoms with van der Waals surface area (Å²) in [6, 6.07) is 4.98. The SMILES string of the molecule is Cc1ccc(C(=O)N2CCC(O)C(C)C2)cc1O. The summed E-state index contributed by atoms with van der Waals surface area (Å²) < 4.78 is 0. The fraction of sp³-hybridized carbons (Fsp3) is 0.500. The second-order valence-corrected chi connectivity index (χ2v) is 5.09. The lowest BCUT2D eigenvalue weighted by Gasteiger charge is -2.34. The molecule has 0 spiro atoms. The van der Waals surface area contributed by atoms with Gasteiger partial charge in [-0.25, -0.2) is 0 Å². The van der Waals surface area contributed by atoms with Crippen molar-refractivity contribution in [2.45, 2.75) is 26.4 Å². The van der Waals surface area contributed by atoms with Gasteiger partial charge in [0.2, 0.25) is 0 Å². The van der Waals surface area contributed by atoms with Gasteiger partial charge in [0.25, 0.3) is 5.91 Å². The summed E-state index contributed by atoms with van der Waals surface area (Å²) in [4.78, 5) is 14.0. The normalized spacial score (nSPS) is 24.1. The number of nitrogens with zero attached hydrogens (tertiary/aromatic N) is 1. The first-order chi connectivity index (χ1) is 8.49. The lowest BCUT2D eigenvalue weighted by Crippen LogP contribution is -2.44. The van der Waals surface area contributed by atoms with Crippen LogP contribution >= 0.6 is 0 Å². The maximum atomic E-state index is 12.2. The number of aryl methyl sites for hydroxylation is 1. The predicted molar refractivity (Wildman–Crippen MR) is 68.5 cm³/mol. The van der Waals surface area contributed by atoms with E-state index in [-0.39, 0.29) is 23.7 Å². The number of carbonyl (C=O) groups excluding carboxylic acids is 1. The highest BCUT2D eigenvalue weighted by molar-refractivity contribution is 5.94. The van der Waals surface area contributed by atoms with Crippen LogP contribution in [0.2, 0.25) is 0 Å². The number of aliphatic hydroxyl groups is 1. The highest BCUT2D eigenvalue weighted by Crippen LogP contribution is 2.22. The molecule has 1 heterocycles. The average Bonchev–Trinajstić information content (AvgIpc) is 2.35. The minimum Gasteiger partial charge on any atom is -0.508 e. The van der Waals surface area contributed by atoms with Gasteiger partial charge >= 0.3 is 0 Å². The van der Waals surface area contributed by atoms with Crippen LogP contribution in [0, 0.1) is 12.8 Å². The first-order valence-corrected chi connectivity index (χ1v) is 6.26. The van der Waals surface area contributed by atoms with Crippen molar-refractivity contribution in [2.24, 2.45) is 5.92 Å². The Labute approximate surface area is 107 Å². The topological polar surface area (TPSA) is 60.8 Å². The molecular weight excluding hydrogens is 230 g/mol. The second kappa shape index (κ2) is 4.98. The van der Waals surface area contributed by atoms with Gasteiger partial charge in [0.1, 0.15) is 5.75 Å². The Bertz CT molecular complexity index is 458. The number of amides is 1. The zero-order valence-corrected chi connectivity index (χ0v) is 10.8. The number of benzene rings is 1. The van der Waals surface area contributed by atoms with Gasteiger partial charge in [0, 0.05) is 18.7 Å². The first kappa shape index (κ1) is 12.9. The highest BCUT2D eigenvalue weighted by Gasteiger charge is 2.27. The van der Waals surface area contributed by atoms with E-state index in [9.17, 15) is 15.0 Å². The van der Waals surface area contributed by atoms with Crippen molar-refractivity contribution >= 4 is 5.91 Å². The fourth-order valence-electron chi connectivity index (χ4n) is 2.24. The van der Waals surface area contributed by atoms with Crippen molar-refractivity contribution in [2.75, 3.05) is 13.1 Å². The number of carbonyl (C=O) groups is 1. The number of rotatable bonds is 1. The summed E-state index contributed by atoms with van der Waals surface area (Å²) in [6.07, 6.45) is 0.297. The van der Waals surface area contributed by atoms with Gasteiger partial charge in [-0.05, 0) is 37.0 Å². The van der Waals surface area contributed by atoms with E-state index in [1.54, 1.807) is 24.0 Å². The van der Waals surface area contributed by atoms with E-state index in [2.05, 4.69) is 0 Å². The number of likely N-dealkylation sites (tertiary alicyclic amines) is 1. The van der Waals surface area contributed by atoms with Gasteiger partial charge in [-0.1, -0.05) is 13.0 Å². The molecule has 4 nitrogen and oxygen atoms in total. The molecule has 1 saturated heterocycles. The predicted octanol–water partition coefficient (Wildman–Crippen LogP) is 1.54. The van der Waals surface area contributed by atoms with Crippen molar-refractivity contribution in [1.29, 1.82) is 0 Å². The molecular formula is C14H19NO3. The van der Waals surface area contributed by atoms with Crippen molar-refractivity contribution < 1.29 is 15.0 Å². The molecule has 1 aromatic rings. The summed E-state index contributed by atoms with van der Waals surface area (Å²) >= 11 is 0. The number of hydrogen-bond donors (Lipinski definition) is 2. The van der Waals surface area contributed by atoms with Gasteiger partial charge in [0.05, 0.1) is 6.10 Å². The lowest BCUT2D eigenvalue weighted by atomic mass is 9.96. The molecule has 0 aliphatic carbocycles. The number of aliphatic hydroxyl groups excluding tert-OH is 1. The van der Waals surface area contributed by atoms with E-state index in [1.165, 1.54) is 6.07 Å². The molecule has 0 radical (unpaired) electrons. The van der Waals surface area contributed by atoms with Gasteiger partial charge in [-0.15, -0.1) is 0 Å². The Balaban J connectivity index is 2.14. The van der Waals surface area contributed by atoms with E-state index >= 15 is 0 Å². The Morgan fingerprint density at radius 1 is 1.44 bits per heavy atom. The zero-order valence-electron chi connectivity index (χ0n) is 10.8. The maximum absolute atomic E-state index is 12.2. The number of hydrogen-bond acceptors (Lipinski definition) is 3. The van der Waals surface area contributed by atoms with Crippen LogP contribution < -0.4 is 0 Å². The van der Waals surface area contributed by atoms with E-state index in [4.69, 9.17) is 0 Å². The minimum atomic E-state index is -0.319. The number of phenolic OH excluding ortho intramolecular Hbond substituents is 1. The molecule has 1 amide bonds. The molecule has 2 unspecified atom stereocenters. The molecule has 18 heavy (non-hydrogen) atoms. The molecule has 1 aromatic carbocycles. The molecule has 2 N–H and O–H groups in total. The van der Waals surface area contributed by atoms with E-state index in [0.717, 1.165) is 5.56 Å². The lowest BCUT2D eigenvalue weighted by molar-refractivity contribution is 0.0297. The third-order valence-electron chi connectivity index (χ3n) is 3.60. The molecule has 1 aliphatic heterocycles. The van der Waals surface area contributed by atoms with Gasteiger partial charge < -0.3 is 15.1 Å². The number of phenols is 1. The average molecular weight is 249 g/mol. The van der Waals surface area contributed by atoms with Crippen molar-refractivity contribution in [1.82, 2.24) is 4.90 Å². The summed E-state index contributed by atoms with van der Waals surface area (Å²) in [5, 5.41) is 19.3. The summed E-state index contributed by atoms with van der Waals surface area (Å²) in [5.74, 6) is 0.164. The van der Waals surface area contributed by atoms with Gasteiger partial charge in [0.15, 0.2) is 0 Å². The Hall–Kier alpha value is -1.55. The quantitative estimate of drug-likeness (QED) is 0.793. The largest absolute Gasteiger partial charge is 0.508 e. The maximum Gasteiger partial charge on any atom is 0.254 e. The monoisotopic (exact) mass is 249 g/mol. The minimum absolute atomic E-state index is 0.0796. The fourth-order valence-corrected chi connectivity index (χ4v) is 2.24. The van der Waals surface area contributed by atoms with E-state index in [1.807, 2.05) is 6.92 Å². The molecule has 0 saturated carbocycles. The van der Waals surface area contributed by atoms with E-state index in [0.29, 0.717) is 25.1 Å². The van der Waals surface area contributed by atoms with Crippen LogP contribution in [0.1, 0.15) is 29.3 Å². The van der Waals surface area contributed by atoms with E-state index < -0.39 is 0 Å².